The highest BCUT2D eigenvalue weighted by atomic mass is 32.2. The Kier molecular flexibility index (Phi) is 6.45. The number of amidine groups is 1. The average Bonchev–Trinajstić information content (AvgIpc) is 2.30. The largest absolute Gasteiger partial charge is 0.386 e. The predicted molar refractivity (Wildman–Crippen MR) is 83.3 cm³/mol. The Labute approximate surface area is 123 Å². The molecule has 4 N–H and O–H groups in total. The van der Waals surface area contributed by atoms with Gasteiger partial charge < -0.3 is 5.73 Å². The molecule has 1 saturated carbocycles. The fraction of sp³-hybridized carbons (Fsp3) is 0.929. The summed E-state index contributed by atoms with van der Waals surface area (Å²) in [5.74, 6) is 0.421. The smallest absolute Gasteiger partial charge is 0.212 e. The van der Waals surface area contributed by atoms with E-state index in [2.05, 4.69) is 4.72 Å². The van der Waals surface area contributed by atoms with Crippen molar-refractivity contribution in [1.82, 2.24) is 4.72 Å². The summed E-state index contributed by atoms with van der Waals surface area (Å²) < 4.78 is 27.2. The minimum Gasteiger partial charge on any atom is -0.386 e. The van der Waals surface area contributed by atoms with Crippen molar-refractivity contribution in [2.24, 2.45) is 11.7 Å². The van der Waals surface area contributed by atoms with Gasteiger partial charge in [0.1, 0.15) is 5.84 Å². The molecule has 6 heteroatoms. The molecule has 0 aromatic heterocycles. The van der Waals surface area contributed by atoms with Crippen LogP contribution in [0.15, 0.2) is 0 Å². The first kappa shape index (κ1) is 17.4. The van der Waals surface area contributed by atoms with Gasteiger partial charge in [-0.1, -0.05) is 46.0 Å². The molecule has 0 spiro atoms. The molecule has 1 fully saturated rings. The second-order valence-electron chi connectivity index (χ2n) is 6.37. The maximum Gasteiger partial charge on any atom is 0.212 e. The SMILES string of the molecule is CC(C)CCS(=O)(=O)NC1(C(=N)N)CCCCCCC1. The van der Waals surface area contributed by atoms with Crippen LogP contribution < -0.4 is 10.5 Å². The molecular formula is C14H29N3O2S. The first-order valence-electron chi connectivity index (χ1n) is 7.63. The maximum atomic E-state index is 12.2. The van der Waals surface area contributed by atoms with E-state index in [0.717, 1.165) is 25.7 Å². The van der Waals surface area contributed by atoms with E-state index in [1.54, 1.807) is 0 Å². The second-order valence-corrected chi connectivity index (χ2v) is 8.21. The van der Waals surface area contributed by atoms with Crippen molar-refractivity contribution in [2.45, 2.75) is 70.8 Å². The fourth-order valence-electron chi connectivity index (χ4n) is 2.67. The molecule has 1 aliphatic rings. The molecule has 0 amide bonds. The molecule has 0 aromatic carbocycles. The number of hydrogen-bond acceptors (Lipinski definition) is 3. The Hall–Kier alpha value is -0.620. The van der Waals surface area contributed by atoms with Crippen molar-refractivity contribution >= 4 is 15.9 Å². The molecule has 0 aliphatic heterocycles. The summed E-state index contributed by atoms with van der Waals surface area (Å²) in [7, 11) is -3.38. The Bertz CT molecular complexity index is 410. The fourth-order valence-corrected chi connectivity index (χ4v) is 4.47. The van der Waals surface area contributed by atoms with Crippen molar-refractivity contribution in [1.29, 1.82) is 5.41 Å². The van der Waals surface area contributed by atoms with E-state index in [1.807, 2.05) is 13.8 Å². The third-order valence-electron chi connectivity index (χ3n) is 4.04. The third-order valence-corrected chi connectivity index (χ3v) is 5.51. The Balaban J connectivity index is 2.81. The number of sulfonamides is 1. The monoisotopic (exact) mass is 303 g/mol. The molecule has 1 aliphatic carbocycles. The van der Waals surface area contributed by atoms with Crippen LogP contribution in [0.4, 0.5) is 0 Å². The zero-order chi connectivity index (χ0) is 15.2. The summed E-state index contributed by atoms with van der Waals surface area (Å²) >= 11 is 0. The van der Waals surface area contributed by atoms with Gasteiger partial charge in [-0.15, -0.1) is 0 Å². The normalized spacial score (nSPS) is 20.4. The second kappa shape index (κ2) is 7.41. The average molecular weight is 303 g/mol. The molecule has 0 unspecified atom stereocenters. The van der Waals surface area contributed by atoms with Gasteiger partial charge in [0.15, 0.2) is 0 Å². The summed E-state index contributed by atoms with van der Waals surface area (Å²) in [6, 6.07) is 0. The molecule has 0 bridgehead atoms. The highest BCUT2D eigenvalue weighted by Crippen LogP contribution is 2.27. The van der Waals surface area contributed by atoms with E-state index < -0.39 is 15.6 Å². The molecule has 0 atom stereocenters. The standard InChI is InChI=1S/C14H29N3O2S/c1-12(2)8-11-20(18,19)17-14(13(15)16)9-6-4-3-5-7-10-14/h12,17H,3-11H2,1-2H3,(H3,15,16). The van der Waals surface area contributed by atoms with E-state index in [1.165, 1.54) is 6.42 Å². The van der Waals surface area contributed by atoms with Gasteiger partial charge in [-0.3, -0.25) is 5.41 Å². The minimum atomic E-state index is -3.38. The quantitative estimate of drug-likeness (QED) is 0.519. The zero-order valence-corrected chi connectivity index (χ0v) is 13.6. The number of hydrogen-bond donors (Lipinski definition) is 3. The number of rotatable bonds is 6. The van der Waals surface area contributed by atoms with Crippen LogP contribution in [0.5, 0.6) is 0 Å². The molecule has 0 aromatic rings. The van der Waals surface area contributed by atoms with E-state index in [-0.39, 0.29) is 11.6 Å². The van der Waals surface area contributed by atoms with Crippen LogP contribution in [0.25, 0.3) is 0 Å². The van der Waals surface area contributed by atoms with Gasteiger partial charge in [-0.2, -0.15) is 0 Å². The van der Waals surface area contributed by atoms with E-state index >= 15 is 0 Å². The molecule has 0 heterocycles. The van der Waals surface area contributed by atoms with Crippen LogP contribution in [0, 0.1) is 11.3 Å². The van der Waals surface area contributed by atoms with E-state index in [4.69, 9.17) is 11.1 Å². The van der Waals surface area contributed by atoms with E-state index in [9.17, 15) is 8.42 Å². The first-order chi connectivity index (χ1) is 9.27. The van der Waals surface area contributed by atoms with Gasteiger partial charge in [-0.25, -0.2) is 13.1 Å². The molecule has 5 nitrogen and oxygen atoms in total. The summed E-state index contributed by atoms with van der Waals surface area (Å²) in [5.41, 5.74) is 4.89. The Morgan fingerprint density at radius 3 is 2.15 bits per heavy atom. The zero-order valence-electron chi connectivity index (χ0n) is 12.7. The number of nitrogens with two attached hydrogens (primary N) is 1. The topological polar surface area (TPSA) is 96.0 Å². The highest BCUT2D eigenvalue weighted by Gasteiger charge is 2.37. The van der Waals surface area contributed by atoms with Crippen molar-refractivity contribution in [3.05, 3.63) is 0 Å². The van der Waals surface area contributed by atoms with Crippen molar-refractivity contribution < 1.29 is 8.42 Å². The van der Waals surface area contributed by atoms with Crippen molar-refractivity contribution in [3.63, 3.8) is 0 Å². The lowest BCUT2D eigenvalue weighted by Gasteiger charge is -2.35. The molecule has 20 heavy (non-hydrogen) atoms. The van der Waals surface area contributed by atoms with Crippen molar-refractivity contribution in [2.75, 3.05) is 5.75 Å². The molecule has 118 valence electrons. The molecule has 0 radical (unpaired) electrons. The third kappa shape index (κ3) is 5.40. The van der Waals surface area contributed by atoms with Crippen LogP contribution in [0.1, 0.15) is 65.2 Å². The van der Waals surface area contributed by atoms with Gasteiger partial charge in [0.25, 0.3) is 0 Å². The first-order valence-corrected chi connectivity index (χ1v) is 9.29. The summed E-state index contributed by atoms with van der Waals surface area (Å²) in [5, 5.41) is 7.85. The van der Waals surface area contributed by atoms with Crippen molar-refractivity contribution in [3.8, 4) is 0 Å². The summed E-state index contributed by atoms with van der Waals surface area (Å²) in [6.45, 7) is 4.01. The summed E-state index contributed by atoms with van der Waals surface area (Å²) in [4.78, 5) is 0. The summed E-state index contributed by atoms with van der Waals surface area (Å²) in [6.07, 6.45) is 7.12. The van der Waals surface area contributed by atoms with Gasteiger partial charge in [-0.05, 0) is 25.2 Å². The predicted octanol–water partition coefficient (Wildman–Crippen LogP) is 2.37. The molecule has 1 rings (SSSR count). The maximum absolute atomic E-state index is 12.2. The lowest BCUT2D eigenvalue weighted by atomic mass is 9.84. The molecule has 0 saturated heterocycles. The van der Waals surface area contributed by atoms with Crippen LogP contribution in [0.3, 0.4) is 0 Å². The van der Waals surface area contributed by atoms with Crippen LogP contribution >= 0.6 is 0 Å². The van der Waals surface area contributed by atoms with Gasteiger partial charge >= 0.3 is 0 Å². The van der Waals surface area contributed by atoms with Crippen LogP contribution in [-0.2, 0) is 10.0 Å². The van der Waals surface area contributed by atoms with Crippen LogP contribution in [-0.4, -0.2) is 25.5 Å². The van der Waals surface area contributed by atoms with Gasteiger partial charge in [0.2, 0.25) is 10.0 Å². The van der Waals surface area contributed by atoms with Gasteiger partial charge in [0, 0.05) is 0 Å². The Morgan fingerprint density at radius 1 is 1.20 bits per heavy atom. The lowest BCUT2D eigenvalue weighted by molar-refractivity contribution is 0.366. The Morgan fingerprint density at radius 2 is 1.70 bits per heavy atom. The number of nitrogens with one attached hydrogen (secondary N) is 2. The minimum absolute atomic E-state index is 0.0347. The van der Waals surface area contributed by atoms with Gasteiger partial charge in [0.05, 0.1) is 11.3 Å². The van der Waals surface area contributed by atoms with Crippen LogP contribution in [0.2, 0.25) is 0 Å². The van der Waals surface area contributed by atoms with E-state index in [0.29, 0.717) is 25.2 Å². The lowest BCUT2D eigenvalue weighted by Crippen LogP contribution is -2.57. The molecular weight excluding hydrogens is 274 g/mol. The highest BCUT2D eigenvalue weighted by molar-refractivity contribution is 7.89.